The van der Waals surface area contributed by atoms with Gasteiger partial charge >= 0.3 is 11.9 Å². The fourth-order valence-corrected chi connectivity index (χ4v) is 3.37. The average Bonchev–Trinajstić information content (AvgIpc) is 2.69. The summed E-state index contributed by atoms with van der Waals surface area (Å²) < 4.78 is 0. The van der Waals surface area contributed by atoms with Crippen molar-refractivity contribution in [3.05, 3.63) is 0 Å². The fraction of sp³-hybridized carbons (Fsp3) is 0.931. The third-order valence-corrected chi connectivity index (χ3v) is 4.78. The highest BCUT2D eigenvalue weighted by Gasteiger charge is 2.20. The number of carbonyl (C=O) groups excluding carboxylic acids is 2. The summed E-state index contributed by atoms with van der Waals surface area (Å²) in [6, 6.07) is 0. The first-order valence-electron chi connectivity index (χ1n) is 14.1. The minimum atomic E-state index is -0.489. The standard InChI is InChI=1S/C16H32O4.C13H26O4/c1-5-6-7-8-9-10-11-12-13-14-15(17)18-20-19-16(2,3)4;1-10(9-12(2,3)4)8-11(14)15-17-16-13(5,6)7/h5-14H2,1-4H3;10H,8-9H2,1-7H3. The molecule has 0 aromatic rings. The van der Waals surface area contributed by atoms with Gasteiger partial charge in [-0.1, -0.05) is 86.0 Å². The number of hydrogen-bond acceptors (Lipinski definition) is 8. The summed E-state index contributed by atoms with van der Waals surface area (Å²) in [4.78, 5) is 41.5. The van der Waals surface area contributed by atoms with Gasteiger partial charge in [-0.3, -0.25) is 9.78 Å². The van der Waals surface area contributed by atoms with Crippen LogP contribution in [0.5, 0.6) is 0 Å². The van der Waals surface area contributed by atoms with Gasteiger partial charge in [0.05, 0.1) is 17.6 Å². The monoisotopic (exact) mass is 534 g/mol. The molecule has 37 heavy (non-hydrogen) atoms. The summed E-state index contributed by atoms with van der Waals surface area (Å²) in [7, 11) is 0. The van der Waals surface area contributed by atoms with Crippen LogP contribution in [0.15, 0.2) is 0 Å². The van der Waals surface area contributed by atoms with E-state index in [9.17, 15) is 9.59 Å². The second-order valence-corrected chi connectivity index (χ2v) is 13.1. The van der Waals surface area contributed by atoms with E-state index >= 15 is 0 Å². The summed E-state index contributed by atoms with van der Waals surface area (Å²) in [6.45, 7) is 21.6. The van der Waals surface area contributed by atoms with E-state index in [1.54, 1.807) is 0 Å². The van der Waals surface area contributed by atoms with Crippen molar-refractivity contribution in [3.63, 3.8) is 0 Å². The predicted octanol–water partition coefficient (Wildman–Crippen LogP) is 8.77. The van der Waals surface area contributed by atoms with Crippen molar-refractivity contribution in [1.82, 2.24) is 0 Å². The average molecular weight is 535 g/mol. The smallest absolute Gasteiger partial charge is 0.269 e. The van der Waals surface area contributed by atoms with E-state index in [0.717, 1.165) is 19.3 Å². The molecule has 0 rings (SSSR count). The maximum Gasteiger partial charge on any atom is 0.345 e. The SMILES string of the molecule is CC(CC(=O)OOOC(C)(C)C)CC(C)(C)C.CCCCCCCCCCCC(=O)OOOC(C)(C)C. The molecule has 1 atom stereocenters. The molecule has 0 amide bonds. The molecule has 1 unspecified atom stereocenters. The molecule has 0 aliphatic rings. The lowest BCUT2D eigenvalue weighted by Gasteiger charge is -2.22. The molecule has 0 saturated heterocycles. The Morgan fingerprint density at radius 1 is 0.622 bits per heavy atom. The first-order chi connectivity index (χ1) is 16.9. The Morgan fingerprint density at radius 3 is 1.43 bits per heavy atom. The van der Waals surface area contributed by atoms with Gasteiger partial charge in [0.1, 0.15) is 0 Å². The van der Waals surface area contributed by atoms with E-state index in [1.807, 2.05) is 48.5 Å². The van der Waals surface area contributed by atoms with Crippen LogP contribution in [0.4, 0.5) is 0 Å². The Kier molecular flexibility index (Phi) is 21.2. The van der Waals surface area contributed by atoms with Gasteiger partial charge < -0.3 is 0 Å². The lowest BCUT2D eigenvalue weighted by molar-refractivity contribution is -0.514. The van der Waals surface area contributed by atoms with Gasteiger partial charge in [0.25, 0.3) is 0 Å². The van der Waals surface area contributed by atoms with Crippen molar-refractivity contribution in [3.8, 4) is 0 Å². The molecule has 8 heteroatoms. The molecule has 0 radical (unpaired) electrons. The van der Waals surface area contributed by atoms with Gasteiger partial charge in [-0.05, 0) is 75.8 Å². The lowest BCUT2D eigenvalue weighted by atomic mass is 9.84. The summed E-state index contributed by atoms with van der Waals surface area (Å²) in [6.07, 6.45) is 12.7. The van der Waals surface area contributed by atoms with Gasteiger partial charge in [0, 0.05) is 6.42 Å². The van der Waals surface area contributed by atoms with Crippen LogP contribution in [0.25, 0.3) is 0 Å². The number of carbonyl (C=O) groups is 2. The summed E-state index contributed by atoms with van der Waals surface area (Å²) in [5.74, 6) is -0.496. The normalized spacial score (nSPS) is 12.9. The Bertz CT molecular complexity index is 570. The molecule has 0 bridgehead atoms. The number of hydrogen-bond donors (Lipinski definition) is 0. The minimum Gasteiger partial charge on any atom is -0.269 e. The van der Waals surface area contributed by atoms with E-state index in [1.165, 1.54) is 44.9 Å². The van der Waals surface area contributed by atoms with E-state index in [-0.39, 0.29) is 17.3 Å². The highest BCUT2D eigenvalue weighted by atomic mass is 17.5. The Balaban J connectivity index is 0. The topological polar surface area (TPSA) is 89.5 Å². The van der Waals surface area contributed by atoms with E-state index < -0.39 is 17.2 Å². The van der Waals surface area contributed by atoms with Crippen molar-refractivity contribution in [2.24, 2.45) is 11.3 Å². The van der Waals surface area contributed by atoms with Crippen LogP contribution in [-0.4, -0.2) is 23.1 Å². The zero-order valence-electron chi connectivity index (χ0n) is 25.8. The molecule has 0 aliphatic heterocycles. The second kappa shape index (κ2) is 20.7. The van der Waals surface area contributed by atoms with Crippen molar-refractivity contribution >= 4 is 11.9 Å². The van der Waals surface area contributed by atoms with Gasteiger partial charge in [-0.25, -0.2) is 9.59 Å². The first kappa shape index (κ1) is 37.9. The molecule has 0 aliphatic carbocycles. The summed E-state index contributed by atoms with van der Waals surface area (Å²) in [5, 5.41) is 8.88. The van der Waals surface area contributed by atoms with Crippen LogP contribution in [0.3, 0.4) is 0 Å². The van der Waals surface area contributed by atoms with Crippen LogP contribution >= 0.6 is 0 Å². The van der Waals surface area contributed by atoms with Gasteiger partial charge in [-0.2, -0.15) is 9.78 Å². The van der Waals surface area contributed by atoms with Crippen molar-refractivity contribution < 1.29 is 39.2 Å². The van der Waals surface area contributed by atoms with Crippen LogP contribution < -0.4 is 0 Å². The van der Waals surface area contributed by atoms with Crippen molar-refractivity contribution in [2.45, 2.75) is 164 Å². The summed E-state index contributed by atoms with van der Waals surface area (Å²) in [5.41, 5.74) is -0.752. The lowest BCUT2D eigenvalue weighted by Crippen LogP contribution is -2.21. The summed E-state index contributed by atoms with van der Waals surface area (Å²) >= 11 is 0. The third kappa shape index (κ3) is 34.8. The zero-order valence-corrected chi connectivity index (χ0v) is 25.8. The number of rotatable bonds is 17. The Hall–Kier alpha value is -1.22. The maximum absolute atomic E-state index is 11.4. The van der Waals surface area contributed by atoms with Gasteiger partial charge in [0.15, 0.2) is 0 Å². The van der Waals surface area contributed by atoms with Crippen molar-refractivity contribution in [1.29, 1.82) is 0 Å². The predicted molar refractivity (Wildman–Crippen MR) is 146 cm³/mol. The van der Waals surface area contributed by atoms with Crippen molar-refractivity contribution in [2.75, 3.05) is 0 Å². The van der Waals surface area contributed by atoms with Crippen LogP contribution in [0, 0.1) is 11.3 Å². The molecule has 8 nitrogen and oxygen atoms in total. The molecule has 222 valence electrons. The van der Waals surface area contributed by atoms with Crippen LogP contribution in [0.1, 0.15) is 153 Å². The third-order valence-electron chi connectivity index (χ3n) is 4.78. The largest absolute Gasteiger partial charge is 0.345 e. The van der Waals surface area contributed by atoms with E-state index in [0.29, 0.717) is 12.8 Å². The molecular formula is C29H58O8. The highest BCUT2D eigenvalue weighted by molar-refractivity contribution is 5.69. The molecule has 0 N–H and O–H groups in total. The molecule has 0 aromatic carbocycles. The molecule has 0 aromatic heterocycles. The molecule has 0 fully saturated rings. The zero-order chi connectivity index (χ0) is 29.0. The van der Waals surface area contributed by atoms with Crippen LogP contribution in [-0.2, 0) is 39.2 Å². The van der Waals surface area contributed by atoms with Crippen LogP contribution in [0.2, 0.25) is 0 Å². The maximum atomic E-state index is 11.4. The first-order valence-corrected chi connectivity index (χ1v) is 14.1. The number of unbranched alkanes of at least 4 members (excludes halogenated alkanes) is 8. The minimum absolute atomic E-state index is 0.211. The second-order valence-electron chi connectivity index (χ2n) is 13.1. The fourth-order valence-electron chi connectivity index (χ4n) is 3.37. The van der Waals surface area contributed by atoms with E-state index in [4.69, 9.17) is 9.78 Å². The van der Waals surface area contributed by atoms with E-state index in [2.05, 4.69) is 47.5 Å². The Morgan fingerprint density at radius 2 is 1.03 bits per heavy atom. The molecule has 0 saturated carbocycles. The quantitative estimate of drug-likeness (QED) is 0.104. The molecular weight excluding hydrogens is 476 g/mol. The molecule has 0 spiro atoms. The highest BCUT2D eigenvalue weighted by Crippen LogP contribution is 2.26. The Labute approximate surface area is 227 Å². The van der Waals surface area contributed by atoms with Gasteiger partial charge in [-0.15, -0.1) is 0 Å². The van der Waals surface area contributed by atoms with Gasteiger partial charge in [0.2, 0.25) is 0 Å². The molecule has 0 heterocycles.